The number of aryl methyl sites for hydroxylation is 1. The van der Waals surface area contributed by atoms with E-state index in [0.717, 1.165) is 0 Å². The average molecular weight is 325 g/mol. The zero-order valence-electron chi connectivity index (χ0n) is 11.7. The van der Waals surface area contributed by atoms with Gasteiger partial charge in [0.1, 0.15) is 4.90 Å². The van der Waals surface area contributed by atoms with Crippen molar-refractivity contribution in [2.45, 2.75) is 37.7 Å². The van der Waals surface area contributed by atoms with Gasteiger partial charge in [-0.25, -0.2) is 13.2 Å². The molecule has 7 nitrogen and oxygen atoms in total. The predicted molar refractivity (Wildman–Crippen MR) is 72.4 cm³/mol. The highest BCUT2D eigenvalue weighted by Crippen LogP contribution is 2.22. The molecule has 0 saturated carbocycles. The molecule has 0 atom stereocenters. The van der Waals surface area contributed by atoms with Crippen LogP contribution in [0.25, 0.3) is 0 Å². The summed E-state index contributed by atoms with van der Waals surface area (Å²) in [6.07, 6.45) is 0.460. The Hall–Kier alpha value is -1.12. The molecule has 1 N–H and O–H groups in total. The minimum atomic E-state index is -4.07. The van der Waals surface area contributed by atoms with E-state index >= 15 is 0 Å². The van der Waals surface area contributed by atoms with Gasteiger partial charge >= 0.3 is 5.97 Å². The number of halogens is 1. The molecule has 0 amide bonds. The zero-order chi connectivity index (χ0) is 15.6. The van der Waals surface area contributed by atoms with Gasteiger partial charge in [0.25, 0.3) is 9.05 Å². The Balaban J connectivity index is 2.80. The molecule has 20 heavy (non-hydrogen) atoms. The molecule has 0 aliphatic rings. The van der Waals surface area contributed by atoms with Crippen molar-refractivity contribution in [3.8, 4) is 0 Å². The van der Waals surface area contributed by atoms with Gasteiger partial charge in [-0.2, -0.15) is 5.10 Å². The van der Waals surface area contributed by atoms with Crippen molar-refractivity contribution in [3.63, 3.8) is 0 Å². The summed E-state index contributed by atoms with van der Waals surface area (Å²) in [6.45, 7) is 5.21. The third-order valence-corrected chi connectivity index (χ3v) is 4.27. The van der Waals surface area contributed by atoms with Gasteiger partial charge in [0.05, 0.1) is 17.9 Å². The minimum Gasteiger partial charge on any atom is -0.461 e. The van der Waals surface area contributed by atoms with Crippen molar-refractivity contribution in [1.29, 1.82) is 0 Å². The van der Waals surface area contributed by atoms with Crippen molar-refractivity contribution in [1.82, 2.24) is 10.2 Å². The third kappa shape index (κ3) is 4.19. The summed E-state index contributed by atoms with van der Waals surface area (Å²) in [4.78, 5) is 11.5. The molecule has 0 bridgehead atoms. The number of esters is 1. The number of aromatic amines is 1. The highest BCUT2D eigenvalue weighted by molar-refractivity contribution is 8.13. The van der Waals surface area contributed by atoms with E-state index in [1.165, 1.54) is 6.92 Å². The van der Waals surface area contributed by atoms with E-state index in [9.17, 15) is 13.2 Å². The van der Waals surface area contributed by atoms with Crippen LogP contribution in [0, 0.1) is 6.92 Å². The van der Waals surface area contributed by atoms with Crippen LogP contribution in [0.5, 0.6) is 0 Å². The number of carbonyl (C=O) groups is 1. The van der Waals surface area contributed by atoms with E-state index in [1.807, 2.05) is 13.8 Å². The summed E-state index contributed by atoms with van der Waals surface area (Å²) in [5.74, 6) is -0.847. The van der Waals surface area contributed by atoms with E-state index in [4.69, 9.17) is 20.2 Å². The molecule has 0 unspecified atom stereocenters. The van der Waals surface area contributed by atoms with Crippen molar-refractivity contribution in [2.75, 3.05) is 13.7 Å². The van der Waals surface area contributed by atoms with E-state index in [-0.39, 0.29) is 22.9 Å². The maximum atomic E-state index is 11.8. The number of carbonyl (C=O) groups excluding carboxylic acids is 1. The van der Waals surface area contributed by atoms with Gasteiger partial charge in [-0.1, -0.05) is 0 Å². The van der Waals surface area contributed by atoms with Crippen LogP contribution in [0.4, 0.5) is 0 Å². The number of nitrogens with one attached hydrogen (secondary N) is 1. The third-order valence-electron chi connectivity index (χ3n) is 2.82. The molecule has 114 valence electrons. The highest BCUT2D eigenvalue weighted by atomic mass is 35.7. The number of aromatic nitrogens is 2. The van der Waals surface area contributed by atoms with E-state index in [2.05, 4.69) is 10.2 Å². The Bertz CT molecular complexity index is 594. The normalized spacial score (nSPS) is 12.4. The molecular formula is C11H17ClN2O5S. The molecule has 0 aliphatic heterocycles. The number of H-pyrrole nitrogens is 1. The second kappa shape index (κ2) is 6.11. The van der Waals surface area contributed by atoms with E-state index in [1.54, 1.807) is 7.11 Å². The molecule has 9 heteroatoms. The van der Waals surface area contributed by atoms with Crippen molar-refractivity contribution >= 4 is 25.7 Å². The number of methoxy groups -OCH3 is 1. The van der Waals surface area contributed by atoms with Crippen molar-refractivity contribution in [3.05, 3.63) is 11.4 Å². The molecule has 1 aromatic rings. The lowest BCUT2D eigenvalue weighted by Crippen LogP contribution is -2.25. The minimum absolute atomic E-state index is 0.0767. The number of rotatable bonds is 6. The molecule has 0 saturated heterocycles. The lowest BCUT2D eigenvalue weighted by atomic mass is 10.1. The number of nitrogens with zero attached hydrogens (tertiary/aromatic N) is 1. The number of hydrogen-bond acceptors (Lipinski definition) is 6. The number of hydrogen-bond donors (Lipinski definition) is 1. The second-order valence-corrected chi connectivity index (χ2v) is 7.32. The molecule has 1 heterocycles. The summed E-state index contributed by atoms with van der Waals surface area (Å²) in [6, 6.07) is 0. The van der Waals surface area contributed by atoms with E-state index in [0.29, 0.717) is 6.42 Å². The molecular weight excluding hydrogens is 308 g/mol. The molecule has 1 aromatic heterocycles. The zero-order valence-corrected chi connectivity index (χ0v) is 13.3. The molecule has 0 aromatic carbocycles. The lowest BCUT2D eigenvalue weighted by Gasteiger charge is -2.22. The topological polar surface area (TPSA) is 98.3 Å². The maximum Gasteiger partial charge on any atom is 0.360 e. The Morgan fingerprint density at radius 3 is 2.55 bits per heavy atom. The van der Waals surface area contributed by atoms with Gasteiger partial charge in [-0.3, -0.25) is 5.10 Å². The van der Waals surface area contributed by atoms with E-state index < -0.39 is 20.6 Å². The van der Waals surface area contributed by atoms with Gasteiger partial charge in [-0.15, -0.1) is 0 Å². The van der Waals surface area contributed by atoms with Crippen LogP contribution in [0.1, 0.15) is 36.5 Å². The first-order valence-corrected chi connectivity index (χ1v) is 8.11. The van der Waals surface area contributed by atoms with Crippen LogP contribution in [-0.2, 0) is 18.5 Å². The monoisotopic (exact) mass is 324 g/mol. The second-order valence-electron chi connectivity index (χ2n) is 4.81. The quantitative estimate of drug-likeness (QED) is 0.630. The van der Waals surface area contributed by atoms with Crippen LogP contribution in [0.2, 0.25) is 0 Å². The fourth-order valence-corrected chi connectivity index (χ4v) is 2.75. The Morgan fingerprint density at radius 1 is 1.45 bits per heavy atom. The highest BCUT2D eigenvalue weighted by Gasteiger charge is 2.28. The molecule has 1 rings (SSSR count). The summed E-state index contributed by atoms with van der Waals surface area (Å²) in [5.41, 5.74) is -0.597. The number of ether oxygens (including phenoxy) is 2. The fraction of sp³-hybridized carbons (Fsp3) is 0.636. The van der Waals surface area contributed by atoms with Crippen LogP contribution >= 0.6 is 10.7 Å². The van der Waals surface area contributed by atoms with Gasteiger partial charge < -0.3 is 9.47 Å². The lowest BCUT2D eigenvalue weighted by molar-refractivity contribution is -0.00592. The first kappa shape index (κ1) is 16.9. The molecule has 0 aliphatic carbocycles. The fourth-order valence-electron chi connectivity index (χ4n) is 1.42. The average Bonchev–Trinajstić information content (AvgIpc) is 2.70. The summed E-state index contributed by atoms with van der Waals surface area (Å²) in [5, 5.41) is 6.03. The molecule has 0 radical (unpaired) electrons. The van der Waals surface area contributed by atoms with Gasteiger partial charge in [0.15, 0.2) is 5.69 Å². The standard InChI is InChI=1S/C11H17ClN2O5S/c1-7-9(20(12,16)17)8(14-13-7)10(15)19-6-5-11(2,3)18-4/h5-6H2,1-4H3,(H,13,14). The van der Waals surface area contributed by atoms with Crippen LogP contribution in [0.15, 0.2) is 4.90 Å². The first-order valence-electron chi connectivity index (χ1n) is 5.80. The Morgan fingerprint density at radius 2 is 2.05 bits per heavy atom. The summed E-state index contributed by atoms with van der Waals surface area (Å²) in [7, 11) is 2.75. The van der Waals surface area contributed by atoms with Crippen LogP contribution < -0.4 is 0 Å². The van der Waals surface area contributed by atoms with Crippen molar-refractivity contribution < 1.29 is 22.7 Å². The van der Waals surface area contributed by atoms with Crippen molar-refractivity contribution in [2.24, 2.45) is 0 Å². The summed E-state index contributed by atoms with van der Waals surface area (Å²) >= 11 is 0. The maximum absolute atomic E-state index is 11.8. The molecule has 0 spiro atoms. The van der Waals surface area contributed by atoms with Crippen LogP contribution in [-0.4, -0.2) is 43.9 Å². The Labute approximate surface area is 122 Å². The Kier molecular flexibility index (Phi) is 5.17. The largest absolute Gasteiger partial charge is 0.461 e. The van der Waals surface area contributed by atoms with Gasteiger partial charge in [0, 0.05) is 24.2 Å². The van der Waals surface area contributed by atoms with Gasteiger partial charge in [-0.05, 0) is 20.8 Å². The SMILES string of the molecule is COC(C)(C)CCOC(=O)c1n[nH]c(C)c1S(=O)(=O)Cl. The molecule has 0 fully saturated rings. The predicted octanol–water partition coefficient (Wildman–Crippen LogP) is 1.62. The summed E-state index contributed by atoms with van der Waals surface area (Å²) < 4.78 is 33.0. The van der Waals surface area contributed by atoms with Gasteiger partial charge in [0.2, 0.25) is 0 Å². The first-order chi connectivity index (χ1) is 9.08. The smallest absolute Gasteiger partial charge is 0.360 e. The van der Waals surface area contributed by atoms with Crippen LogP contribution in [0.3, 0.4) is 0 Å².